The fourth-order valence-corrected chi connectivity index (χ4v) is 6.54. The number of benzene rings is 3. The summed E-state index contributed by atoms with van der Waals surface area (Å²) in [4.78, 5) is 15.6. The molecule has 3 aromatic carbocycles. The molecule has 225 valence electrons. The number of furan rings is 1. The molecule has 5 aromatic rings. The van der Waals surface area contributed by atoms with Gasteiger partial charge in [-0.1, -0.05) is 63.9 Å². The summed E-state index contributed by atoms with van der Waals surface area (Å²) in [5, 5.41) is 6.62. The number of aryl methyl sites for hydroxylation is 4. The van der Waals surface area contributed by atoms with E-state index in [2.05, 4.69) is 95.4 Å². The number of hydrogen-bond acceptors (Lipinski definition) is 3. The molecular formula is C38H40IrN2O2-2. The first kappa shape index (κ1) is 32.4. The molecule has 0 amide bonds. The molecule has 1 radical (unpaired) electrons. The SMILES string of the molecule is CC(=O)/C=C(/C)[N-]C(C)C.Cc1cc(C)c2c(C)cc(-c3[c-]ccc4c3C(C)(C)c3c-4oc4ccc(C)cc34)nc2c1.[Ir]. The van der Waals surface area contributed by atoms with Crippen LogP contribution in [-0.4, -0.2) is 16.8 Å². The first-order chi connectivity index (χ1) is 19.8. The second-order valence-electron chi connectivity index (χ2n) is 12.5. The molecule has 0 saturated heterocycles. The number of rotatable bonds is 4. The number of pyridine rings is 1. The average Bonchev–Trinajstić information content (AvgIpc) is 3.36. The van der Waals surface area contributed by atoms with Crippen LogP contribution in [0.3, 0.4) is 0 Å². The number of fused-ring (bicyclic) bond motifs is 6. The Morgan fingerprint density at radius 1 is 0.953 bits per heavy atom. The summed E-state index contributed by atoms with van der Waals surface area (Å²) in [6.45, 7) is 20.6. The fourth-order valence-electron chi connectivity index (χ4n) is 6.54. The van der Waals surface area contributed by atoms with Crippen molar-refractivity contribution in [2.45, 2.75) is 80.7 Å². The Morgan fingerprint density at radius 3 is 2.33 bits per heavy atom. The Morgan fingerprint density at radius 2 is 1.65 bits per heavy atom. The second kappa shape index (κ2) is 12.2. The van der Waals surface area contributed by atoms with Crippen molar-refractivity contribution in [3.05, 3.63) is 105 Å². The Balaban J connectivity index is 0.000000335. The molecule has 0 fully saturated rings. The molecule has 0 bridgehead atoms. The van der Waals surface area contributed by atoms with Crippen molar-refractivity contribution in [2.24, 2.45) is 0 Å². The van der Waals surface area contributed by atoms with E-state index in [1.54, 1.807) is 6.08 Å². The summed E-state index contributed by atoms with van der Waals surface area (Å²) in [5.74, 6) is 1.05. The topological polar surface area (TPSA) is 57.2 Å². The molecule has 0 aliphatic heterocycles. The zero-order valence-corrected chi connectivity index (χ0v) is 29.2. The van der Waals surface area contributed by atoms with Crippen LogP contribution < -0.4 is 0 Å². The molecule has 4 nitrogen and oxygen atoms in total. The van der Waals surface area contributed by atoms with Gasteiger partial charge in [0.25, 0.3) is 0 Å². The van der Waals surface area contributed by atoms with Gasteiger partial charge in [0.15, 0.2) is 5.78 Å². The molecule has 43 heavy (non-hydrogen) atoms. The zero-order valence-electron chi connectivity index (χ0n) is 26.8. The maximum Gasteiger partial charge on any atom is 0.151 e. The van der Waals surface area contributed by atoms with Crippen molar-refractivity contribution in [3.8, 4) is 22.6 Å². The van der Waals surface area contributed by atoms with Gasteiger partial charge < -0.3 is 9.73 Å². The third kappa shape index (κ3) is 6.12. The van der Waals surface area contributed by atoms with Gasteiger partial charge in [-0.15, -0.1) is 35.4 Å². The second-order valence-corrected chi connectivity index (χ2v) is 12.5. The minimum atomic E-state index is -0.204. The number of ketones is 1. The molecule has 0 unspecified atom stereocenters. The van der Waals surface area contributed by atoms with Crippen molar-refractivity contribution in [2.75, 3.05) is 0 Å². The minimum Gasteiger partial charge on any atom is -0.686 e. The van der Waals surface area contributed by atoms with E-state index < -0.39 is 0 Å². The molecule has 6 rings (SSSR count). The van der Waals surface area contributed by atoms with E-state index in [1.807, 2.05) is 26.8 Å². The number of allylic oxidation sites excluding steroid dienone is 2. The number of nitrogens with zero attached hydrogens (tertiary/aromatic N) is 2. The van der Waals surface area contributed by atoms with Gasteiger partial charge in [0.1, 0.15) is 11.3 Å². The van der Waals surface area contributed by atoms with E-state index in [9.17, 15) is 4.79 Å². The van der Waals surface area contributed by atoms with Crippen LogP contribution in [0, 0.1) is 33.8 Å². The summed E-state index contributed by atoms with van der Waals surface area (Å²) in [7, 11) is 0. The predicted octanol–water partition coefficient (Wildman–Crippen LogP) is 10.2. The van der Waals surface area contributed by atoms with E-state index in [1.165, 1.54) is 51.1 Å². The predicted molar refractivity (Wildman–Crippen MR) is 175 cm³/mol. The van der Waals surface area contributed by atoms with Gasteiger partial charge in [-0.3, -0.25) is 9.78 Å². The molecule has 1 aliphatic rings. The summed E-state index contributed by atoms with van der Waals surface area (Å²) < 4.78 is 6.41. The summed E-state index contributed by atoms with van der Waals surface area (Å²) in [6, 6.07) is 21.1. The van der Waals surface area contributed by atoms with E-state index >= 15 is 0 Å². The van der Waals surface area contributed by atoms with Gasteiger partial charge in [0.2, 0.25) is 0 Å². The Bertz CT molecular complexity index is 1890. The van der Waals surface area contributed by atoms with Gasteiger partial charge in [-0.05, 0) is 86.7 Å². The summed E-state index contributed by atoms with van der Waals surface area (Å²) >= 11 is 0. The average molecular weight is 749 g/mol. The number of hydrogen-bond donors (Lipinski definition) is 0. The van der Waals surface area contributed by atoms with Gasteiger partial charge in [0.05, 0.1) is 5.52 Å². The summed E-state index contributed by atoms with van der Waals surface area (Å²) in [6.07, 6.45) is 1.54. The van der Waals surface area contributed by atoms with Crippen LogP contribution in [0.25, 0.3) is 49.8 Å². The Kier molecular flexibility index (Phi) is 9.21. The van der Waals surface area contributed by atoms with Gasteiger partial charge in [0, 0.05) is 36.4 Å². The fraction of sp³-hybridized carbons (Fsp3) is 0.316. The first-order valence-corrected chi connectivity index (χ1v) is 14.7. The van der Waals surface area contributed by atoms with Crippen molar-refractivity contribution >= 4 is 27.7 Å². The van der Waals surface area contributed by atoms with Crippen LogP contribution >= 0.6 is 0 Å². The molecule has 2 heterocycles. The Hall–Kier alpha value is -3.53. The third-order valence-electron chi connectivity index (χ3n) is 7.91. The molecule has 1 aliphatic carbocycles. The smallest absolute Gasteiger partial charge is 0.151 e. The normalized spacial score (nSPS) is 13.3. The van der Waals surface area contributed by atoms with Crippen LogP contribution in [0.15, 0.2) is 64.7 Å². The Labute approximate surface area is 269 Å². The van der Waals surface area contributed by atoms with Crippen molar-refractivity contribution < 1.29 is 29.3 Å². The monoisotopic (exact) mass is 749 g/mol. The van der Waals surface area contributed by atoms with E-state index in [-0.39, 0.29) is 37.3 Å². The maximum absolute atomic E-state index is 10.5. The summed E-state index contributed by atoms with van der Waals surface area (Å²) in [5.41, 5.74) is 13.4. The largest absolute Gasteiger partial charge is 0.686 e. The zero-order chi connectivity index (χ0) is 30.5. The molecule has 0 N–H and O–H groups in total. The molecule has 5 heteroatoms. The molecule has 0 atom stereocenters. The maximum atomic E-state index is 10.5. The van der Waals surface area contributed by atoms with Gasteiger partial charge in [-0.2, -0.15) is 5.70 Å². The number of aromatic nitrogens is 1. The van der Waals surface area contributed by atoms with Crippen molar-refractivity contribution in [3.63, 3.8) is 0 Å². The molecule has 0 spiro atoms. The molecule has 2 aromatic heterocycles. The van der Waals surface area contributed by atoms with Crippen molar-refractivity contribution in [1.29, 1.82) is 0 Å². The van der Waals surface area contributed by atoms with Crippen molar-refractivity contribution in [1.82, 2.24) is 4.98 Å². The van der Waals surface area contributed by atoms with Crippen LogP contribution in [0.4, 0.5) is 0 Å². The van der Waals surface area contributed by atoms with Crippen LogP contribution in [0.2, 0.25) is 0 Å². The van der Waals surface area contributed by atoms with Crippen LogP contribution in [0.5, 0.6) is 0 Å². The standard InChI is InChI=1S/C30H26NO.C8H15NO.Ir/c1-16-10-11-25-22(13-16)28-29(32-25)21-9-7-8-20(27(21)30(28,5)6)23-15-19(4)26-18(3)12-17(2)14-24(26)31-23;1-6(2)9-7(3)5-8(4)10;/h7,9-15H,1-6H3;5-6H,1-4H3,(H,9,10);/q-1;;/p-1. The number of carbonyl (C=O) groups excluding carboxylic acids is 1. The van der Waals surface area contributed by atoms with Crippen LogP contribution in [-0.2, 0) is 30.3 Å². The minimum absolute atomic E-state index is 0. The van der Waals surface area contributed by atoms with E-state index in [4.69, 9.17) is 9.40 Å². The van der Waals surface area contributed by atoms with Gasteiger partial charge >= 0.3 is 0 Å². The molecule has 0 saturated carbocycles. The number of carbonyl (C=O) groups is 1. The van der Waals surface area contributed by atoms with E-state index in [0.29, 0.717) is 0 Å². The quantitative estimate of drug-likeness (QED) is 0.136. The van der Waals surface area contributed by atoms with Gasteiger partial charge in [-0.25, -0.2) is 0 Å². The first-order valence-electron chi connectivity index (χ1n) is 14.7. The van der Waals surface area contributed by atoms with Crippen LogP contribution in [0.1, 0.15) is 74.9 Å². The van der Waals surface area contributed by atoms with E-state index in [0.717, 1.165) is 39.4 Å². The molecular weight excluding hydrogens is 709 g/mol. The third-order valence-corrected chi connectivity index (χ3v) is 7.91.